The molecule has 10 nitrogen and oxygen atoms in total. The zero-order chi connectivity index (χ0) is 21.5. The topological polar surface area (TPSA) is 140 Å². The molecule has 0 fully saturated rings. The number of aryl methyl sites for hydroxylation is 1. The van der Waals surface area contributed by atoms with Gasteiger partial charge in [0.05, 0.1) is 25.3 Å². The number of nitrogens with zero attached hydrogens (tertiary/aromatic N) is 4. The Hall–Kier alpha value is -3.21. The summed E-state index contributed by atoms with van der Waals surface area (Å²) in [5.74, 6) is -0.321. The highest BCUT2D eigenvalue weighted by Gasteiger charge is 2.45. The second-order valence-corrected chi connectivity index (χ2v) is 9.35. The zero-order valence-corrected chi connectivity index (χ0v) is 17.4. The van der Waals surface area contributed by atoms with Crippen LogP contribution in [-0.4, -0.2) is 54.5 Å². The fourth-order valence-corrected chi connectivity index (χ4v) is 5.36. The minimum absolute atomic E-state index is 0.0305. The highest BCUT2D eigenvalue weighted by Crippen LogP contribution is 2.43. The number of carbonyl (C=O) groups excluding carboxylic acids is 1. The van der Waals surface area contributed by atoms with Gasteiger partial charge in [-0.05, 0) is 42.5 Å². The molecule has 1 aliphatic heterocycles. The van der Waals surface area contributed by atoms with E-state index in [4.69, 9.17) is 10.5 Å². The Bertz CT molecular complexity index is 1130. The number of nitrogens with one attached hydrogen (secondary N) is 1. The van der Waals surface area contributed by atoms with Gasteiger partial charge in [0.15, 0.2) is 0 Å². The van der Waals surface area contributed by atoms with Gasteiger partial charge in [0.1, 0.15) is 11.2 Å². The normalized spacial score (nSPS) is 22.2. The summed E-state index contributed by atoms with van der Waals surface area (Å²) in [6, 6.07) is 5.45. The minimum atomic E-state index is -3.59. The Labute approximate surface area is 174 Å². The second kappa shape index (κ2) is 7.24. The van der Waals surface area contributed by atoms with Crippen molar-refractivity contribution in [2.24, 2.45) is 10.7 Å². The van der Waals surface area contributed by atoms with Crippen LogP contribution in [0, 0.1) is 0 Å². The third kappa shape index (κ3) is 3.45. The van der Waals surface area contributed by atoms with Gasteiger partial charge in [-0.2, -0.15) is 0 Å². The largest absolute Gasteiger partial charge is 0.480 e. The maximum atomic E-state index is 12.6. The standard InChI is InChI=1S/C19H22N6O4S/c1-25-18(20)24-19(11-30(25,27)28)7-3-4-12-5-6-13(8-14(12)19)23-17(26)15-9-22-16(29-2)10-21-15/h5-6,8-10H,3-4,7,11H2,1-2H3,(H2,20,24)(H,23,26)/t19-/m0/s1. The van der Waals surface area contributed by atoms with Gasteiger partial charge in [0, 0.05) is 12.7 Å². The number of amides is 1. The SMILES string of the molecule is COc1cnc(C(=O)Nc2ccc3c(c2)[C@]2(CCC3)CS(=O)(=O)N(C)C(N)=N2)cn1. The molecular weight excluding hydrogens is 408 g/mol. The summed E-state index contributed by atoms with van der Waals surface area (Å²) in [5.41, 5.74) is 7.40. The predicted molar refractivity (Wildman–Crippen MR) is 111 cm³/mol. The average Bonchev–Trinajstić information content (AvgIpc) is 2.72. The van der Waals surface area contributed by atoms with E-state index in [-0.39, 0.29) is 17.4 Å². The van der Waals surface area contributed by atoms with E-state index in [0.29, 0.717) is 18.0 Å². The number of nitrogens with two attached hydrogens (primary N) is 1. The molecule has 2 aliphatic rings. The molecule has 0 saturated heterocycles. The third-order valence-corrected chi connectivity index (χ3v) is 7.33. The van der Waals surface area contributed by atoms with Crippen LogP contribution in [0.5, 0.6) is 5.88 Å². The van der Waals surface area contributed by atoms with Crippen LogP contribution in [0.3, 0.4) is 0 Å². The quantitative estimate of drug-likeness (QED) is 0.736. The molecule has 0 bridgehead atoms. The van der Waals surface area contributed by atoms with Gasteiger partial charge >= 0.3 is 0 Å². The van der Waals surface area contributed by atoms with Gasteiger partial charge in [-0.15, -0.1) is 0 Å². The van der Waals surface area contributed by atoms with E-state index in [1.807, 2.05) is 6.07 Å². The number of rotatable bonds is 3. The van der Waals surface area contributed by atoms with E-state index < -0.39 is 21.5 Å². The van der Waals surface area contributed by atoms with Crippen LogP contribution in [0.2, 0.25) is 0 Å². The number of aromatic nitrogens is 2. The molecule has 158 valence electrons. The number of hydrogen-bond acceptors (Lipinski definition) is 8. The van der Waals surface area contributed by atoms with Crippen molar-refractivity contribution >= 4 is 27.6 Å². The van der Waals surface area contributed by atoms with E-state index in [0.717, 1.165) is 28.3 Å². The van der Waals surface area contributed by atoms with Gasteiger partial charge in [0.25, 0.3) is 5.91 Å². The molecule has 2 aromatic rings. The van der Waals surface area contributed by atoms with Crippen LogP contribution in [0.1, 0.15) is 34.5 Å². The predicted octanol–water partition coefficient (Wildman–Crippen LogP) is 0.859. The van der Waals surface area contributed by atoms with E-state index >= 15 is 0 Å². The summed E-state index contributed by atoms with van der Waals surface area (Å²) in [4.78, 5) is 25.1. The molecule has 3 N–H and O–H groups in total. The molecule has 1 aliphatic carbocycles. The van der Waals surface area contributed by atoms with Crippen LogP contribution in [0.4, 0.5) is 5.69 Å². The van der Waals surface area contributed by atoms with Crippen molar-refractivity contribution in [2.45, 2.75) is 24.8 Å². The Morgan fingerprint density at radius 1 is 1.30 bits per heavy atom. The number of hydrogen-bond donors (Lipinski definition) is 2. The van der Waals surface area contributed by atoms with Gasteiger partial charge in [-0.3, -0.25) is 4.79 Å². The molecule has 0 radical (unpaired) electrons. The van der Waals surface area contributed by atoms with E-state index in [2.05, 4.69) is 20.3 Å². The van der Waals surface area contributed by atoms with Crippen LogP contribution >= 0.6 is 0 Å². The Morgan fingerprint density at radius 2 is 2.10 bits per heavy atom. The average molecular weight is 430 g/mol. The summed E-state index contributed by atoms with van der Waals surface area (Å²) in [6.07, 6.45) is 4.85. The maximum absolute atomic E-state index is 12.6. The number of guanidine groups is 1. The first kappa shape index (κ1) is 20.1. The van der Waals surface area contributed by atoms with E-state index in [9.17, 15) is 13.2 Å². The van der Waals surface area contributed by atoms with E-state index in [1.165, 1.54) is 26.6 Å². The van der Waals surface area contributed by atoms with Gasteiger partial charge in [0.2, 0.25) is 21.9 Å². The number of aliphatic imine (C=N–C) groups is 1. The zero-order valence-electron chi connectivity index (χ0n) is 16.6. The van der Waals surface area contributed by atoms with Gasteiger partial charge in [-0.1, -0.05) is 6.07 Å². The molecule has 0 unspecified atom stereocenters. The summed E-state index contributed by atoms with van der Waals surface area (Å²) in [7, 11) is -0.723. The molecule has 1 aromatic carbocycles. The first-order valence-electron chi connectivity index (χ1n) is 9.37. The highest BCUT2D eigenvalue weighted by atomic mass is 32.2. The molecule has 30 heavy (non-hydrogen) atoms. The lowest BCUT2D eigenvalue weighted by atomic mass is 9.77. The molecular formula is C19H22N6O4S. The fourth-order valence-electron chi connectivity index (χ4n) is 3.87. The van der Waals surface area contributed by atoms with Crippen molar-refractivity contribution < 1.29 is 17.9 Å². The fraction of sp³-hybridized carbons (Fsp3) is 0.368. The summed E-state index contributed by atoms with van der Waals surface area (Å²) in [5, 5.41) is 2.79. The van der Waals surface area contributed by atoms with Gasteiger partial charge < -0.3 is 15.8 Å². The number of ether oxygens (including phenoxy) is 1. The number of fused-ring (bicyclic) bond motifs is 2. The molecule has 1 spiro atoms. The van der Waals surface area contributed by atoms with Crippen molar-refractivity contribution in [3.63, 3.8) is 0 Å². The Balaban J connectivity index is 1.68. The minimum Gasteiger partial charge on any atom is -0.480 e. The number of sulfonamides is 1. The number of methoxy groups -OCH3 is 1. The van der Waals surface area contributed by atoms with Crippen LogP contribution in [0.15, 0.2) is 35.6 Å². The highest BCUT2D eigenvalue weighted by molar-refractivity contribution is 7.89. The van der Waals surface area contributed by atoms with Crippen molar-refractivity contribution in [1.82, 2.24) is 14.3 Å². The van der Waals surface area contributed by atoms with Crippen molar-refractivity contribution in [3.05, 3.63) is 47.4 Å². The monoisotopic (exact) mass is 430 g/mol. The molecule has 11 heteroatoms. The lowest BCUT2D eigenvalue weighted by Gasteiger charge is -2.40. The molecule has 4 rings (SSSR count). The number of anilines is 1. The number of benzene rings is 1. The van der Waals surface area contributed by atoms with Crippen LogP contribution < -0.4 is 15.8 Å². The Morgan fingerprint density at radius 3 is 2.77 bits per heavy atom. The van der Waals surface area contributed by atoms with Crippen LogP contribution in [0.25, 0.3) is 0 Å². The summed E-state index contributed by atoms with van der Waals surface area (Å²) in [6.45, 7) is 0. The van der Waals surface area contributed by atoms with Gasteiger partial charge in [-0.25, -0.2) is 27.7 Å². The molecule has 1 amide bonds. The molecule has 1 aromatic heterocycles. The first-order chi connectivity index (χ1) is 14.2. The van der Waals surface area contributed by atoms with E-state index in [1.54, 1.807) is 12.1 Å². The number of carbonyl (C=O) groups is 1. The second-order valence-electron chi connectivity index (χ2n) is 7.35. The smallest absolute Gasteiger partial charge is 0.275 e. The van der Waals surface area contributed by atoms with Crippen molar-refractivity contribution in [1.29, 1.82) is 0 Å². The summed E-state index contributed by atoms with van der Waals surface area (Å²) < 4.78 is 31.3. The molecule has 1 atom stereocenters. The third-order valence-electron chi connectivity index (χ3n) is 5.47. The van der Waals surface area contributed by atoms with Crippen molar-refractivity contribution in [3.8, 4) is 5.88 Å². The summed E-state index contributed by atoms with van der Waals surface area (Å²) >= 11 is 0. The first-order valence-corrected chi connectivity index (χ1v) is 11.0. The maximum Gasteiger partial charge on any atom is 0.275 e. The Kier molecular flexibility index (Phi) is 4.85. The lowest BCUT2D eigenvalue weighted by molar-refractivity contribution is 0.102. The molecule has 2 heterocycles. The molecule has 0 saturated carbocycles. The van der Waals surface area contributed by atoms with Crippen LogP contribution in [-0.2, 0) is 22.0 Å². The van der Waals surface area contributed by atoms with Crippen molar-refractivity contribution in [2.75, 3.05) is 25.2 Å². The lowest BCUT2D eigenvalue weighted by Crippen LogP contribution is -2.52.